The zero-order chi connectivity index (χ0) is 13.0. The summed E-state index contributed by atoms with van der Waals surface area (Å²) in [6.45, 7) is 9.92. The number of thiazole rings is 1. The van der Waals surface area contributed by atoms with Crippen molar-refractivity contribution < 1.29 is 4.74 Å². The van der Waals surface area contributed by atoms with Crippen LogP contribution >= 0.6 is 11.3 Å². The molecule has 17 heavy (non-hydrogen) atoms. The molecule has 1 unspecified atom stereocenters. The van der Waals surface area contributed by atoms with Gasteiger partial charge < -0.3 is 15.4 Å². The van der Waals surface area contributed by atoms with Crippen molar-refractivity contribution in [3.8, 4) is 0 Å². The summed E-state index contributed by atoms with van der Waals surface area (Å²) >= 11 is 1.69. The normalized spacial score (nSPS) is 13.1. The first-order chi connectivity index (χ1) is 7.97. The lowest BCUT2D eigenvalue weighted by atomic mass is 10.2. The van der Waals surface area contributed by atoms with E-state index in [1.54, 1.807) is 18.4 Å². The molecule has 0 saturated heterocycles. The first kappa shape index (κ1) is 14.4. The molecule has 0 spiro atoms. The number of ether oxygens (including phenoxy) is 1. The quantitative estimate of drug-likeness (QED) is 0.850. The number of hydrogen-bond acceptors (Lipinski definition) is 5. The highest BCUT2D eigenvalue weighted by Crippen LogP contribution is 2.30. The van der Waals surface area contributed by atoms with Crippen LogP contribution in [0.15, 0.2) is 0 Å². The Morgan fingerprint density at radius 3 is 2.47 bits per heavy atom. The third kappa shape index (κ3) is 3.66. The standard InChI is InChI=1S/C12H23N3OS/c1-8(2)15(6-7-16-5)12-14-10(4)11(17-12)9(3)13/h8-9H,6-7,13H2,1-5H3. The number of methoxy groups -OCH3 is 1. The average molecular weight is 257 g/mol. The molecule has 98 valence electrons. The molecule has 0 radical (unpaired) electrons. The van der Waals surface area contributed by atoms with E-state index in [9.17, 15) is 0 Å². The van der Waals surface area contributed by atoms with Crippen LogP contribution in [0.3, 0.4) is 0 Å². The predicted molar refractivity (Wildman–Crippen MR) is 73.8 cm³/mol. The fourth-order valence-electron chi connectivity index (χ4n) is 1.70. The molecule has 2 N–H and O–H groups in total. The van der Waals surface area contributed by atoms with E-state index in [-0.39, 0.29) is 6.04 Å². The molecule has 1 aromatic rings. The maximum atomic E-state index is 5.93. The van der Waals surface area contributed by atoms with Crippen LogP contribution < -0.4 is 10.6 Å². The SMILES string of the molecule is COCCN(c1nc(C)c(C(C)N)s1)C(C)C. The molecule has 5 heteroatoms. The second-order valence-electron chi connectivity index (χ2n) is 4.51. The maximum absolute atomic E-state index is 5.93. The second kappa shape index (κ2) is 6.33. The Morgan fingerprint density at radius 2 is 2.06 bits per heavy atom. The highest BCUT2D eigenvalue weighted by atomic mass is 32.1. The van der Waals surface area contributed by atoms with Crippen LogP contribution in [0.1, 0.15) is 37.4 Å². The van der Waals surface area contributed by atoms with Crippen LogP contribution in [0.4, 0.5) is 5.13 Å². The van der Waals surface area contributed by atoms with E-state index in [2.05, 4.69) is 23.7 Å². The van der Waals surface area contributed by atoms with Crippen molar-refractivity contribution in [3.63, 3.8) is 0 Å². The van der Waals surface area contributed by atoms with Crippen molar-refractivity contribution in [2.45, 2.75) is 39.8 Å². The molecule has 1 atom stereocenters. The Morgan fingerprint density at radius 1 is 1.41 bits per heavy atom. The summed E-state index contributed by atoms with van der Waals surface area (Å²) in [4.78, 5) is 8.04. The molecule has 0 aliphatic carbocycles. The van der Waals surface area contributed by atoms with Gasteiger partial charge in [-0.2, -0.15) is 0 Å². The van der Waals surface area contributed by atoms with Crippen molar-refractivity contribution in [2.75, 3.05) is 25.2 Å². The Hall–Kier alpha value is -0.650. The van der Waals surface area contributed by atoms with Crippen molar-refractivity contribution in [3.05, 3.63) is 10.6 Å². The van der Waals surface area contributed by atoms with E-state index in [4.69, 9.17) is 10.5 Å². The van der Waals surface area contributed by atoms with Crippen LogP contribution in [-0.2, 0) is 4.74 Å². The van der Waals surface area contributed by atoms with Crippen molar-refractivity contribution in [1.29, 1.82) is 0 Å². The fraction of sp³-hybridized carbons (Fsp3) is 0.750. The number of aryl methyl sites for hydroxylation is 1. The average Bonchev–Trinajstić information content (AvgIpc) is 2.60. The minimum absolute atomic E-state index is 0.0534. The summed E-state index contributed by atoms with van der Waals surface area (Å²) in [6, 6.07) is 0.467. The van der Waals surface area contributed by atoms with Crippen LogP contribution in [0.25, 0.3) is 0 Å². The number of anilines is 1. The summed E-state index contributed by atoms with van der Waals surface area (Å²) < 4.78 is 5.14. The molecular formula is C12H23N3OS. The third-order valence-electron chi connectivity index (χ3n) is 2.64. The Labute approximate surface area is 108 Å². The van der Waals surface area contributed by atoms with E-state index in [1.807, 2.05) is 13.8 Å². The van der Waals surface area contributed by atoms with Crippen LogP contribution in [0.5, 0.6) is 0 Å². The molecule has 0 amide bonds. The zero-order valence-electron chi connectivity index (χ0n) is 11.4. The van der Waals surface area contributed by atoms with E-state index in [0.717, 1.165) is 17.4 Å². The van der Waals surface area contributed by atoms with Gasteiger partial charge in [-0.25, -0.2) is 4.98 Å². The minimum atomic E-state index is 0.0534. The van der Waals surface area contributed by atoms with Crippen LogP contribution in [0.2, 0.25) is 0 Å². The molecule has 0 fully saturated rings. The van der Waals surface area contributed by atoms with Crippen LogP contribution in [0, 0.1) is 6.92 Å². The largest absolute Gasteiger partial charge is 0.383 e. The fourth-order valence-corrected chi connectivity index (χ4v) is 2.88. The van der Waals surface area contributed by atoms with Gasteiger partial charge in [-0.3, -0.25) is 0 Å². The van der Waals surface area contributed by atoms with Crippen molar-refractivity contribution >= 4 is 16.5 Å². The van der Waals surface area contributed by atoms with E-state index in [1.165, 1.54) is 4.88 Å². The number of nitrogens with zero attached hydrogens (tertiary/aromatic N) is 2. The lowest BCUT2D eigenvalue weighted by Crippen LogP contribution is -2.33. The monoisotopic (exact) mass is 257 g/mol. The summed E-state index contributed by atoms with van der Waals surface area (Å²) in [5.41, 5.74) is 6.98. The topological polar surface area (TPSA) is 51.4 Å². The Balaban J connectivity index is 2.90. The van der Waals surface area contributed by atoms with Gasteiger partial charge in [0.15, 0.2) is 5.13 Å². The van der Waals surface area contributed by atoms with Crippen molar-refractivity contribution in [1.82, 2.24) is 4.98 Å². The second-order valence-corrected chi connectivity index (χ2v) is 5.52. The number of rotatable bonds is 6. The molecule has 0 aliphatic rings. The maximum Gasteiger partial charge on any atom is 0.186 e. The first-order valence-corrected chi connectivity index (χ1v) is 6.77. The molecule has 0 bridgehead atoms. The summed E-state index contributed by atoms with van der Waals surface area (Å²) in [5.74, 6) is 0. The molecule has 0 saturated carbocycles. The summed E-state index contributed by atoms with van der Waals surface area (Å²) in [5, 5.41) is 1.04. The van der Waals surface area contributed by atoms with Gasteiger partial charge in [-0.05, 0) is 27.7 Å². The van der Waals surface area contributed by atoms with Crippen molar-refractivity contribution in [2.24, 2.45) is 5.73 Å². The van der Waals surface area contributed by atoms with E-state index < -0.39 is 0 Å². The lowest BCUT2D eigenvalue weighted by Gasteiger charge is -2.25. The molecule has 1 heterocycles. The minimum Gasteiger partial charge on any atom is -0.383 e. The molecular weight excluding hydrogens is 234 g/mol. The number of aromatic nitrogens is 1. The smallest absolute Gasteiger partial charge is 0.186 e. The van der Waals surface area contributed by atoms with Crippen LogP contribution in [-0.4, -0.2) is 31.3 Å². The van der Waals surface area contributed by atoms with Gasteiger partial charge in [0.2, 0.25) is 0 Å². The molecule has 0 aromatic carbocycles. The number of hydrogen-bond donors (Lipinski definition) is 1. The van der Waals surface area contributed by atoms with Gasteiger partial charge in [0.05, 0.1) is 12.3 Å². The zero-order valence-corrected chi connectivity index (χ0v) is 12.2. The summed E-state index contributed by atoms with van der Waals surface area (Å²) in [7, 11) is 1.72. The van der Waals surface area contributed by atoms with Gasteiger partial charge in [0, 0.05) is 30.6 Å². The van der Waals surface area contributed by atoms with Gasteiger partial charge >= 0.3 is 0 Å². The molecule has 0 aliphatic heterocycles. The molecule has 1 rings (SSSR count). The Bertz CT molecular complexity index is 350. The molecule has 1 aromatic heterocycles. The van der Waals surface area contributed by atoms with Gasteiger partial charge in [0.1, 0.15) is 0 Å². The van der Waals surface area contributed by atoms with Gasteiger partial charge in [0.25, 0.3) is 0 Å². The predicted octanol–water partition coefficient (Wildman–Crippen LogP) is 2.33. The lowest BCUT2D eigenvalue weighted by molar-refractivity contribution is 0.204. The highest BCUT2D eigenvalue weighted by molar-refractivity contribution is 7.15. The van der Waals surface area contributed by atoms with E-state index in [0.29, 0.717) is 12.6 Å². The first-order valence-electron chi connectivity index (χ1n) is 5.95. The number of nitrogens with two attached hydrogens (primary N) is 1. The summed E-state index contributed by atoms with van der Waals surface area (Å²) in [6.07, 6.45) is 0. The van der Waals surface area contributed by atoms with Gasteiger partial charge in [-0.1, -0.05) is 0 Å². The third-order valence-corrected chi connectivity index (χ3v) is 4.04. The highest BCUT2D eigenvalue weighted by Gasteiger charge is 2.18. The Kier molecular flexibility index (Phi) is 5.36. The molecule has 4 nitrogen and oxygen atoms in total. The van der Waals surface area contributed by atoms with E-state index >= 15 is 0 Å². The van der Waals surface area contributed by atoms with Gasteiger partial charge in [-0.15, -0.1) is 11.3 Å².